The van der Waals surface area contributed by atoms with E-state index in [4.69, 9.17) is 5.73 Å². The second-order valence-electron chi connectivity index (χ2n) is 2.90. The van der Waals surface area contributed by atoms with Crippen molar-refractivity contribution >= 4 is 18.0 Å². The van der Waals surface area contributed by atoms with Crippen molar-refractivity contribution in [3.05, 3.63) is 29.9 Å². The summed E-state index contributed by atoms with van der Waals surface area (Å²) in [5.41, 5.74) is 5.63. The molecule has 1 aromatic rings. The van der Waals surface area contributed by atoms with Crippen LogP contribution in [0.15, 0.2) is 18.5 Å². The topological polar surface area (TPSA) is 95.2 Å². The number of aromatic nitrogens is 2. The van der Waals surface area contributed by atoms with Gasteiger partial charge in [-0.1, -0.05) is 12.2 Å². The number of esters is 1. The third kappa shape index (κ3) is 3.49. The fraction of sp³-hybridized carbons (Fsp3) is 0.200. The van der Waals surface area contributed by atoms with Crippen LogP contribution in [0.5, 0.6) is 0 Å². The van der Waals surface area contributed by atoms with Crippen LogP contribution in [0.1, 0.15) is 22.6 Å². The van der Waals surface area contributed by atoms with E-state index in [9.17, 15) is 9.59 Å². The number of nitrogens with zero attached hydrogens (tertiary/aromatic N) is 2. The summed E-state index contributed by atoms with van der Waals surface area (Å²) in [4.78, 5) is 29.0. The Labute approximate surface area is 92.1 Å². The van der Waals surface area contributed by atoms with E-state index in [2.05, 4.69) is 14.7 Å². The van der Waals surface area contributed by atoms with Crippen molar-refractivity contribution in [3.8, 4) is 0 Å². The van der Waals surface area contributed by atoms with Gasteiger partial charge in [-0.15, -0.1) is 0 Å². The Morgan fingerprint density at radius 1 is 1.44 bits per heavy atom. The smallest absolute Gasteiger partial charge is 0.376 e. The van der Waals surface area contributed by atoms with Crippen LogP contribution in [-0.4, -0.2) is 29.0 Å². The highest BCUT2D eigenvalue weighted by atomic mass is 16.5. The Balaban J connectivity index is 2.68. The van der Waals surface area contributed by atoms with E-state index in [0.717, 1.165) is 0 Å². The van der Waals surface area contributed by atoms with Gasteiger partial charge < -0.3 is 10.5 Å². The average Bonchev–Trinajstić information content (AvgIpc) is 2.28. The Morgan fingerprint density at radius 3 is 2.56 bits per heavy atom. The highest BCUT2D eigenvalue weighted by Gasteiger charge is 2.07. The lowest BCUT2D eigenvalue weighted by Crippen LogP contribution is -2.08. The van der Waals surface area contributed by atoms with Crippen molar-refractivity contribution in [2.45, 2.75) is 6.42 Å². The Morgan fingerprint density at radius 2 is 2.06 bits per heavy atom. The van der Waals surface area contributed by atoms with Crippen LogP contribution in [0, 0.1) is 0 Å². The van der Waals surface area contributed by atoms with Gasteiger partial charge >= 0.3 is 5.97 Å². The van der Waals surface area contributed by atoms with Crippen LogP contribution >= 0.6 is 0 Å². The summed E-state index contributed by atoms with van der Waals surface area (Å²) >= 11 is 0. The summed E-state index contributed by atoms with van der Waals surface area (Å²) < 4.78 is 4.45. The first-order chi connectivity index (χ1) is 7.63. The van der Waals surface area contributed by atoms with Gasteiger partial charge in [-0.3, -0.25) is 4.79 Å². The Bertz CT molecular complexity index is 412. The number of carbonyl (C=O) groups excluding carboxylic acids is 2. The van der Waals surface area contributed by atoms with E-state index < -0.39 is 11.9 Å². The maximum Gasteiger partial charge on any atom is 0.376 e. The molecule has 0 aliphatic rings. The second kappa shape index (κ2) is 5.59. The molecule has 0 atom stereocenters. The van der Waals surface area contributed by atoms with Gasteiger partial charge in [0.2, 0.25) is 11.7 Å². The average molecular weight is 221 g/mol. The van der Waals surface area contributed by atoms with Crippen molar-refractivity contribution < 1.29 is 14.3 Å². The first-order valence-corrected chi connectivity index (χ1v) is 4.48. The van der Waals surface area contributed by atoms with E-state index in [1.54, 1.807) is 12.2 Å². The molecule has 6 nitrogen and oxygen atoms in total. The van der Waals surface area contributed by atoms with Gasteiger partial charge in [0, 0.05) is 24.4 Å². The first-order valence-electron chi connectivity index (χ1n) is 4.48. The van der Waals surface area contributed by atoms with Crippen molar-refractivity contribution in [3.63, 3.8) is 0 Å². The van der Waals surface area contributed by atoms with E-state index in [1.807, 2.05) is 0 Å². The number of ether oxygens (including phenoxy) is 1. The van der Waals surface area contributed by atoms with Gasteiger partial charge in [0.25, 0.3) is 0 Å². The first kappa shape index (κ1) is 11.8. The van der Waals surface area contributed by atoms with Crippen molar-refractivity contribution in [1.82, 2.24) is 9.97 Å². The molecule has 0 aromatic carbocycles. The molecular weight excluding hydrogens is 210 g/mol. The number of carbonyl (C=O) groups is 2. The van der Waals surface area contributed by atoms with Crippen LogP contribution < -0.4 is 5.73 Å². The predicted octanol–water partition coefficient (Wildman–Crippen LogP) is 0.152. The molecule has 0 saturated heterocycles. The molecule has 0 aliphatic heterocycles. The van der Waals surface area contributed by atoms with Crippen LogP contribution in [0.25, 0.3) is 6.08 Å². The highest BCUT2D eigenvalue weighted by Crippen LogP contribution is 2.00. The standard InChI is InChI=1S/C10H11N3O3/c1-16-10(15)9-12-5-7(6-13-9)3-2-4-8(11)14/h2-3,5-6H,4H2,1H3,(H2,11,14). The lowest BCUT2D eigenvalue weighted by Gasteiger charge is -1.97. The number of hydrogen-bond acceptors (Lipinski definition) is 5. The van der Waals surface area contributed by atoms with Gasteiger partial charge in [0.15, 0.2) is 0 Å². The molecule has 0 radical (unpaired) electrons. The maximum absolute atomic E-state index is 11.0. The molecular formula is C10H11N3O3. The van der Waals surface area contributed by atoms with Gasteiger partial charge in [0.05, 0.1) is 7.11 Å². The molecule has 1 heterocycles. The minimum Gasteiger partial charge on any atom is -0.463 e. The third-order valence-electron chi connectivity index (χ3n) is 1.67. The largest absolute Gasteiger partial charge is 0.463 e. The number of amides is 1. The second-order valence-corrected chi connectivity index (χ2v) is 2.90. The van der Waals surface area contributed by atoms with Crippen LogP contribution in [0.4, 0.5) is 0 Å². The number of nitrogens with two attached hydrogens (primary N) is 1. The van der Waals surface area contributed by atoms with Crippen molar-refractivity contribution in [2.24, 2.45) is 5.73 Å². The molecule has 0 unspecified atom stereocenters. The number of hydrogen-bond donors (Lipinski definition) is 1. The summed E-state index contributed by atoms with van der Waals surface area (Å²) in [5, 5.41) is 0. The zero-order valence-corrected chi connectivity index (χ0v) is 8.71. The molecule has 16 heavy (non-hydrogen) atoms. The molecule has 6 heteroatoms. The lowest BCUT2D eigenvalue weighted by atomic mass is 10.3. The molecule has 0 spiro atoms. The summed E-state index contributed by atoms with van der Waals surface area (Å²) in [5.74, 6) is -1.01. The summed E-state index contributed by atoms with van der Waals surface area (Å²) in [7, 11) is 1.26. The van der Waals surface area contributed by atoms with Gasteiger partial charge in [-0.05, 0) is 0 Å². The minimum atomic E-state index is -0.590. The number of rotatable bonds is 4. The zero-order valence-electron chi connectivity index (χ0n) is 8.71. The molecule has 0 bridgehead atoms. The number of primary amides is 1. The molecule has 0 fully saturated rings. The van der Waals surface area contributed by atoms with Crippen molar-refractivity contribution in [2.75, 3.05) is 7.11 Å². The van der Waals surface area contributed by atoms with E-state index in [0.29, 0.717) is 5.56 Å². The molecule has 0 saturated carbocycles. The molecule has 0 aliphatic carbocycles. The normalized spacial score (nSPS) is 10.3. The minimum absolute atomic E-state index is 0.00505. The summed E-state index contributed by atoms with van der Waals surface area (Å²) in [6, 6.07) is 0. The van der Waals surface area contributed by atoms with Gasteiger partial charge in [-0.25, -0.2) is 14.8 Å². The summed E-state index contributed by atoms with van der Waals surface area (Å²) in [6.07, 6.45) is 6.30. The quantitative estimate of drug-likeness (QED) is 0.730. The van der Waals surface area contributed by atoms with Gasteiger partial charge in [-0.2, -0.15) is 0 Å². The zero-order chi connectivity index (χ0) is 12.0. The van der Waals surface area contributed by atoms with Crippen molar-refractivity contribution in [1.29, 1.82) is 0 Å². The fourth-order valence-electron chi connectivity index (χ4n) is 0.932. The molecule has 1 aromatic heterocycles. The molecule has 84 valence electrons. The lowest BCUT2D eigenvalue weighted by molar-refractivity contribution is -0.117. The van der Waals surface area contributed by atoms with Crippen LogP contribution in [-0.2, 0) is 9.53 Å². The molecule has 1 rings (SSSR count). The highest BCUT2D eigenvalue weighted by molar-refractivity contribution is 5.84. The monoisotopic (exact) mass is 221 g/mol. The van der Waals surface area contributed by atoms with E-state index in [-0.39, 0.29) is 12.2 Å². The third-order valence-corrected chi connectivity index (χ3v) is 1.67. The molecule has 1 amide bonds. The SMILES string of the molecule is COC(=O)c1ncc(C=CCC(N)=O)cn1. The Kier molecular flexibility index (Phi) is 4.14. The summed E-state index contributed by atoms with van der Waals surface area (Å²) in [6.45, 7) is 0. The number of methoxy groups -OCH3 is 1. The van der Waals surface area contributed by atoms with E-state index >= 15 is 0 Å². The van der Waals surface area contributed by atoms with Crippen LogP contribution in [0.3, 0.4) is 0 Å². The maximum atomic E-state index is 11.0. The Hall–Kier alpha value is -2.24. The molecule has 2 N–H and O–H groups in total. The van der Waals surface area contributed by atoms with E-state index in [1.165, 1.54) is 19.5 Å². The van der Waals surface area contributed by atoms with Gasteiger partial charge in [0.1, 0.15) is 0 Å². The fourth-order valence-corrected chi connectivity index (χ4v) is 0.932. The van der Waals surface area contributed by atoms with Crippen LogP contribution in [0.2, 0.25) is 0 Å². The predicted molar refractivity (Wildman–Crippen MR) is 56.2 cm³/mol.